The van der Waals surface area contributed by atoms with E-state index in [1.54, 1.807) is 19.3 Å². The quantitative estimate of drug-likeness (QED) is 0.855. The molecule has 17 heavy (non-hydrogen) atoms. The molecule has 0 saturated carbocycles. The Morgan fingerprint density at radius 2 is 2.35 bits per heavy atom. The Labute approximate surface area is 97.5 Å². The first kappa shape index (κ1) is 11.2. The summed E-state index contributed by atoms with van der Waals surface area (Å²) in [7, 11) is 1.78. The van der Waals surface area contributed by atoms with Gasteiger partial charge in [0.2, 0.25) is 0 Å². The summed E-state index contributed by atoms with van der Waals surface area (Å²) in [5.41, 5.74) is 1.31. The van der Waals surface area contributed by atoms with Crippen LogP contribution in [0.4, 0.5) is 4.39 Å². The number of nitriles is 1. The maximum Gasteiger partial charge on any atom is 0.150 e. The lowest BCUT2D eigenvalue weighted by atomic mass is 10.2. The highest BCUT2D eigenvalue weighted by Crippen LogP contribution is 2.15. The van der Waals surface area contributed by atoms with Crippen LogP contribution >= 0.6 is 0 Å². The van der Waals surface area contributed by atoms with Crippen LogP contribution < -0.4 is 5.32 Å². The van der Waals surface area contributed by atoms with Gasteiger partial charge < -0.3 is 5.32 Å². The molecule has 0 aliphatic rings. The predicted octanol–water partition coefficient (Wildman–Crippen LogP) is 0.997. The predicted molar refractivity (Wildman–Crippen MR) is 58.8 cm³/mol. The number of nitrogens with zero attached hydrogens (tertiary/aromatic N) is 4. The van der Waals surface area contributed by atoms with Gasteiger partial charge in [0.25, 0.3) is 0 Å². The summed E-state index contributed by atoms with van der Waals surface area (Å²) >= 11 is 0. The largest absolute Gasteiger partial charge is 0.314 e. The molecule has 2 rings (SSSR count). The SMILES string of the molecule is CNCc1cnnn1-c1ccc(C#N)cc1F. The van der Waals surface area contributed by atoms with Gasteiger partial charge in [0.15, 0.2) is 0 Å². The molecule has 2 aromatic rings. The van der Waals surface area contributed by atoms with E-state index in [4.69, 9.17) is 5.26 Å². The minimum Gasteiger partial charge on any atom is -0.314 e. The smallest absolute Gasteiger partial charge is 0.150 e. The average molecular weight is 231 g/mol. The molecule has 0 fully saturated rings. The van der Waals surface area contributed by atoms with Crippen LogP contribution in [0.25, 0.3) is 5.69 Å². The van der Waals surface area contributed by atoms with E-state index in [-0.39, 0.29) is 11.3 Å². The van der Waals surface area contributed by atoms with Crippen molar-refractivity contribution >= 4 is 0 Å². The molecule has 0 saturated heterocycles. The van der Waals surface area contributed by atoms with Crippen molar-refractivity contribution in [2.24, 2.45) is 0 Å². The van der Waals surface area contributed by atoms with Crippen LogP contribution in [-0.4, -0.2) is 22.0 Å². The molecule has 0 amide bonds. The van der Waals surface area contributed by atoms with Crippen LogP contribution in [-0.2, 0) is 6.54 Å². The summed E-state index contributed by atoms with van der Waals surface area (Å²) in [4.78, 5) is 0. The fourth-order valence-corrected chi connectivity index (χ4v) is 1.51. The summed E-state index contributed by atoms with van der Waals surface area (Å²) in [6.45, 7) is 0.534. The Kier molecular flexibility index (Phi) is 3.12. The molecular formula is C11H10FN5. The van der Waals surface area contributed by atoms with Gasteiger partial charge in [0.1, 0.15) is 11.5 Å². The molecule has 0 aliphatic heterocycles. The maximum atomic E-state index is 13.8. The Morgan fingerprint density at radius 3 is 3.00 bits per heavy atom. The first-order valence-corrected chi connectivity index (χ1v) is 5.00. The van der Waals surface area contributed by atoms with Crippen LogP contribution in [0.3, 0.4) is 0 Å². The third kappa shape index (κ3) is 2.14. The highest BCUT2D eigenvalue weighted by atomic mass is 19.1. The molecule has 0 unspecified atom stereocenters. The zero-order valence-corrected chi connectivity index (χ0v) is 9.18. The molecule has 1 heterocycles. The average Bonchev–Trinajstić information content (AvgIpc) is 2.77. The van der Waals surface area contributed by atoms with Crippen molar-refractivity contribution in [3.63, 3.8) is 0 Å². The van der Waals surface area contributed by atoms with Crippen LogP contribution in [0.1, 0.15) is 11.3 Å². The molecule has 0 atom stereocenters. The minimum absolute atomic E-state index is 0.279. The van der Waals surface area contributed by atoms with E-state index < -0.39 is 5.82 Å². The number of hydrogen-bond acceptors (Lipinski definition) is 4. The second-order valence-electron chi connectivity index (χ2n) is 3.45. The van der Waals surface area contributed by atoms with Crippen molar-refractivity contribution in [1.82, 2.24) is 20.3 Å². The Bertz CT molecular complexity index is 569. The van der Waals surface area contributed by atoms with Crippen molar-refractivity contribution in [3.05, 3.63) is 41.5 Å². The van der Waals surface area contributed by atoms with Crippen LogP contribution in [0.5, 0.6) is 0 Å². The zero-order chi connectivity index (χ0) is 12.3. The van der Waals surface area contributed by atoms with Crippen molar-refractivity contribution in [1.29, 1.82) is 5.26 Å². The molecule has 1 aromatic heterocycles. The van der Waals surface area contributed by atoms with Crippen molar-refractivity contribution in [2.45, 2.75) is 6.54 Å². The molecule has 1 aromatic carbocycles. The molecule has 0 radical (unpaired) electrons. The maximum absolute atomic E-state index is 13.8. The fourth-order valence-electron chi connectivity index (χ4n) is 1.51. The van der Waals surface area contributed by atoms with Gasteiger partial charge in [0, 0.05) is 6.54 Å². The molecule has 0 aliphatic carbocycles. The van der Waals surface area contributed by atoms with Gasteiger partial charge in [0.05, 0.1) is 23.5 Å². The molecular weight excluding hydrogens is 221 g/mol. The number of rotatable bonds is 3. The Morgan fingerprint density at radius 1 is 1.53 bits per heavy atom. The van der Waals surface area contributed by atoms with Crippen molar-refractivity contribution < 1.29 is 4.39 Å². The molecule has 1 N–H and O–H groups in total. The van der Waals surface area contributed by atoms with E-state index in [9.17, 15) is 4.39 Å². The summed E-state index contributed by atoms with van der Waals surface area (Å²) < 4.78 is 15.2. The van der Waals surface area contributed by atoms with Gasteiger partial charge in [-0.3, -0.25) is 0 Å². The summed E-state index contributed by atoms with van der Waals surface area (Å²) in [5, 5.41) is 19.2. The van der Waals surface area contributed by atoms with Gasteiger partial charge >= 0.3 is 0 Å². The summed E-state index contributed by atoms with van der Waals surface area (Å²) in [6.07, 6.45) is 1.56. The number of benzene rings is 1. The monoisotopic (exact) mass is 231 g/mol. The first-order valence-electron chi connectivity index (χ1n) is 5.00. The van der Waals surface area contributed by atoms with Crippen molar-refractivity contribution in [2.75, 3.05) is 7.05 Å². The van der Waals surface area contributed by atoms with Crippen LogP contribution in [0.2, 0.25) is 0 Å². The minimum atomic E-state index is -0.494. The van der Waals surface area contributed by atoms with Gasteiger partial charge in [-0.2, -0.15) is 5.26 Å². The van der Waals surface area contributed by atoms with Crippen molar-refractivity contribution in [3.8, 4) is 11.8 Å². The Hall–Kier alpha value is -2.26. The van der Waals surface area contributed by atoms with E-state index in [0.717, 1.165) is 5.69 Å². The molecule has 0 bridgehead atoms. The van der Waals surface area contributed by atoms with E-state index in [1.165, 1.54) is 16.8 Å². The summed E-state index contributed by atoms with van der Waals surface area (Å²) in [6, 6.07) is 6.12. The standard InChI is InChI=1S/C11H10FN5/c1-14-6-9-7-15-16-17(9)11-3-2-8(5-13)4-10(11)12/h2-4,7,14H,6H2,1H3. The molecule has 6 heteroatoms. The fraction of sp³-hybridized carbons (Fsp3) is 0.182. The van der Waals surface area contributed by atoms with E-state index >= 15 is 0 Å². The molecule has 86 valence electrons. The third-order valence-electron chi connectivity index (χ3n) is 2.28. The lowest BCUT2D eigenvalue weighted by Gasteiger charge is -2.06. The zero-order valence-electron chi connectivity index (χ0n) is 9.18. The number of halogens is 1. The van der Waals surface area contributed by atoms with Gasteiger partial charge in [-0.15, -0.1) is 5.10 Å². The lowest BCUT2D eigenvalue weighted by Crippen LogP contribution is -2.12. The number of nitrogens with one attached hydrogen (secondary N) is 1. The topological polar surface area (TPSA) is 66.5 Å². The molecule has 0 spiro atoms. The van der Waals surface area contributed by atoms with Crippen LogP contribution in [0.15, 0.2) is 24.4 Å². The normalized spacial score (nSPS) is 10.2. The Balaban J connectivity index is 2.46. The third-order valence-corrected chi connectivity index (χ3v) is 2.28. The second-order valence-corrected chi connectivity index (χ2v) is 3.45. The first-order chi connectivity index (χ1) is 8.26. The highest BCUT2D eigenvalue weighted by Gasteiger charge is 2.10. The van der Waals surface area contributed by atoms with E-state index in [0.29, 0.717) is 6.54 Å². The lowest BCUT2D eigenvalue weighted by molar-refractivity contribution is 0.598. The van der Waals surface area contributed by atoms with Gasteiger partial charge in [-0.05, 0) is 25.2 Å². The molecule has 5 nitrogen and oxygen atoms in total. The van der Waals surface area contributed by atoms with E-state index in [1.807, 2.05) is 6.07 Å². The number of aromatic nitrogens is 3. The van der Waals surface area contributed by atoms with E-state index in [2.05, 4.69) is 15.6 Å². The van der Waals surface area contributed by atoms with Gasteiger partial charge in [-0.1, -0.05) is 5.21 Å². The van der Waals surface area contributed by atoms with Crippen LogP contribution in [0, 0.1) is 17.1 Å². The van der Waals surface area contributed by atoms with Gasteiger partial charge in [-0.25, -0.2) is 9.07 Å². The number of hydrogen-bond donors (Lipinski definition) is 1. The highest BCUT2D eigenvalue weighted by molar-refractivity contribution is 5.40. The summed E-state index contributed by atoms with van der Waals surface area (Å²) in [5.74, 6) is -0.494. The second kappa shape index (κ2) is 4.72.